The number of carbonyl (C=O) groups excluding carboxylic acids is 1. The van der Waals surface area contributed by atoms with Crippen LogP contribution in [0.2, 0.25) is 0 Å². The molecular formula is C10H20N4O2. The highest BCUT2D eigenvalue weighted by Crippen LogP contribution is 2.01. The van der Waals surface area contributed by atoms with Crippen LogP contribution >= 0.6 is 0 Å². The number of nitrogens with one attached hydrogen (secondary N) is 1. The fraction of sp³-hybridized carbons (Fsp3) is 0.800. The predicted octanol–water partition coefficient (Wildman–Crippen LogP) is 0.170. The Bertz CT molecular complexity index is 237. The van der Waals surface area contributed by atoms with Gasteiger partial charge in [-0.2, -0.15) is 5.26 Å². The molecule has 6 heteroatoms. The van der Waals surface area contributed by atoms with Crippen LogP contribution in [0.5, 0.6) is 0 Å². The number of hydrogen-bond donors (Lipinski definition) is 2. The third-order valence-corrected chi connectivity index (χ3v) is 1.97. The van der Waals surface area contributed by atoms with E-state index in [4.69, 9.17) is 11.1 Å². The van der Waals surface area contributed by atoms with Gasteiger partial charge >= 0.3 is 5.97 Å². The molecule has 0 fully saturated rings. The minimum atomic E-state index is -0.395. The van der Waals surface area contributed by atoms with E-state index in [0.29, 0.717) is 25.4 Å². The summed E-state index contributed by atoms with van der Waals surface area (Å²) in [5, 5.41) is 8.52. The largest absolute Gasteiger partial charge is 0.356 e. The van der Waals surface area contributed by atoms with Gasteiger partial charge in [0.15, 0.2) is 0 Å². The molecule has 0 saturated carbocycles. The van der Waals surface area contributed by atoms with E-state index in [0.717, 1.165) is 6.54 Å². The highest BCUT2D eigenvalue weighted by Gasteiger charge is 2.10. The maximum atomic E-state index is 11.1. The fourth-order valence-corrected chi connectivity index (χ4v) is 1.39. The first kappa shape index (κ1) is 14.8. The molecule has 0 aromatic heterocycles. The normalized spacial score (nSPS) is 10.5. The second-order valence-corrected chi connectivity index (χ2v) is 3.94. The molecule has 0 aromatic carbocycles. The van der Waals surface area contributed by atoms with Crippen LogP contribution in [0.1, 0.15) is 26.7 Å². The number of nitriles is 1. The van der Waals surface area contributed by atoms with Crippen LogP contribution in [0.25, 0.3) is 0 Å². The summed E-state index contributed by atoms with van der Waals surface area (Å²) in [5.41, 5.74) is 1.85. The highest BCUT2D eigenvalue weighted by atomic mass is 16.7. The molecule has 0 aliphatic carbocycles. The summed E-state index contributed by atoms with van der Waals surface area (Å²) in [5.74, 6) is 4.95. The second-order valence-electron chi connectivity index (χ2n) is 3.94. The molecule has 0 amide bonds. The van der Waals surface area contributed by atoms with Gasteiger partial charge in [0.05, 0.1) is 12.5 Å². The van der Waals surface area contributed by atoms with Crippen molar-refractivity contribution in [2.45, 2.75) is 26.7 Å². The van der Waals surface area contributed by atoms with Gasteiger partial charge in [0.1, 0.15) is 0 Å². The zero-order chi connectivity index (χ0) is 12.4. The molecule has 0 heterocycles. The van der Waals surface area contributed by atoms with Gasteiger partial charge in [-0.1, -0.05) is 19.4 Å². The minimum absolute atomic E-state index is 0.266. The number of nitrogens with zero attached hydrogens (tertiary/aromatic N) is 2. The van der Waals surface area contributed by atoms with Crippen LogP contribution in [0, 0.1) is 17.2 Å². The van der Waals surface area contributed by atoms with E-state index in [1.165, 1.54) is 0 Å². The van der Waals surface area contributed by atoms with Crippen LogP contribution in [0.3, 0.4) is 0 Å². The van der Waals surface area contributed by atoms with Crippen molar-refractivity contribution < 1.29 is 9.63 Å². The Morgan fingerprint density at radius 1 is 1.56 bits per heavy atom. The number of nitrogens with two attached hydrogens (primary N) is 1. The maximum absolute atomic E-state index is 11.1. The van der Waals surface area contributed by atoms with Crippen molar-refractivity contribution >= 4 is 5.97 Å². The molecule has 0 saturated heterocycles. The fourth-order valence-electron chi connectivity index (χ4n) is 1.39. The molecule has 92 valence electrons. The summed E-state index contributed by atoms with van der Waals surface area (Å²) in [7, 11) is 0. The monoisotopic (exact) mass is 228 g/mol. The van der Waals surface area contributed by atoms with Gasteiger partial charge in [-0.15, -0.1) is 0 Å². The lowest BCUT2D eigenvalue weighted by Gasteiger charge is -2.22. The molecule has 0 radical (unpaired) electrons. The van der Waals surface area contributed by atoms with Crippen molar-refractivity contribution in [2.24, 2.45) is 11.8 Å². The number of hydrogen-bond acceptors (Lipinski definition) is 6. The van der Waals surface area contributed by atoms with Gasteiger partial charge in [-0.05, 0) is 5.92 Å². The Morgan fingerprint density at radius 3 is 2.75 bits per heavy atom. The molecule has 0 aliphatic rings. The van der Waals surface area contributed by atoms with Crippen LogP contribution in [0.15, 0.2) is 0 Å². The van der Waals surface area contributed by atoms with Crippen molar-refractivity contribution in [1.82, 2.24) is 10.5 Å². The van der Waals surface area contributed by atoms with Crippen molar-refractivity contribution in [3.63, 3.8) is 0 Å². The standard InChI is InChI=1S/C10H20N4O2/c1-9(2)8-14(6-3-5-11)7-4-10(15)16-13-12/h9,13H,3-4,6-8,12H2,1-2H3. The average molecular weight is 228 g/mol. The van der Waals surface area contributed by atoms with Crippen molar-refractivity contribution in [1.29, 1.82) is 5.26 Å². The molecule has 16 heavy (non-hydrogen) atoms. The third kappa shape index (κ3) is 8.17. The number of carbonyl (C=O) groups is 1. The molecule has 0 atom stereocenters. The zero-order valence-electron chi connectivity index (χ0n) is 9.90. The average Bonchev–Trinajstić information content (AvgIpc) is 2.22. The first-order chi connectivity index (χ1) is 7.60. The lowest BCUT2D eigenvalue weighted by Crippen LogP contribution is -2.33. The first-order valence-corrected chi connectivity index (χ1v) is 5.34. The molecule has 0 rings (SSSR count). The van der Waals surface area contributed by atoms with E-state index in [-0.39, 0.29) is 6.42 Å². The Hall–Kier alpha value is -1.16. The predicted molar refractivity (Wildman–Crippen MR) is 59.5 cm³/mol. The summed E-state index contributed by atoms with van der Waals surface area (Å²) >= 11 is 0. The summed E-state index contributed by atoms with van der Waals surface area (Å²) in [6.45, 7) is 6.32. The summed E-state index contributed by atoms with van der Waals surface area (Å²) in [4.78, 5) is 17.5. The van der Waals surface area contributed by atoms with Crippen LogP contribution in [0.4, 0.5) is 0 Å². The van der Waals surface area contributed by atoms with E-state index in [2.05, 4.69) is 29.7 Å². The maximum Gasteiger partial charge on any atom is 0.327 e. The number of hydrazine groups is 1. The molecule has 0 aliphatic heterocycles. The Morgan fingerprint density at radius 2 is 2.25 bits per heavy atom. The van der Waals surface area contributed by atoms with Gasteiger partial charge in [0.25, 0.3) is 0 Å². The summed E-state index contributed by atoms with van der Waals surface area (Å²) in [6, 6.07) is 2.09. The lowest BCUT2D eigenvalue weighted by molar-refractivity contribution is -0.151. The van der Waals surface area contributed by atoms with Gasteiger partial charge in [0, 0.05) is 26.1 Å². The molecular weight excluding hydrogens is 208 g/mol. The van der Waals surface area contributed by atoms with Gasteiger partial charge in [-0.3, -0.25) is 4.79 Å². The lowest BCUT2D eigenvalue weighted by atomic mass is 10.2. The van der Waals surface area contributed by atoms with E-state index in [1.807, 2.05) is 5.59 Å². The van der Waals surface area contributed by atoms with E-state index in [1.54, 1.807) is 0 Å². The second kappa shape index (κ2) is 9.09. The minimum Gasteiger partial charge on any atom is -0.356 e. The quantitative estimate of drug-likeness (QED) is 0.454. The van der Waals surface area contributed by atoms with Crippen LogP contribution < -0.4 is 11.4 Å². The first-order valence-electron chi connectivity index (χ1n) is 5.34. The SMILES string of the molecule is CC(C)CN(CCC#N)CCC(=O)ONN. The van der Waals surface area contributed by atoms with Crippen LogP contribution in [-0.2, 0) is 9.63 Å². The topological polar surface area (TPSA) is 91.4 Å². The Balaban J connectivity index is 3.91. The zero-order valence-corrected chi connectivity index (χ0v) is 9.90. The smallest absolute Gasteiger partial charge is 0.327 e. The van der Waals surface area contributed by atoms with E-state index in [9.17, 15) is 4.79 Å². The third-order valence-electron chi connectivity index (χ3n) is 1.97. The molecule has 3 N–H and O–H groups in total. The summed E-state index contributed by atoms with van der Waals surface area (Å²) < 4.78 is 0. The number of rotatable bonds is 8. The Labute approximate surface area is 96.3 Å². The highest BCUT2D eigenvalue weighted by molar-refractivity contribution is 5.69. The Kier molecular flexibility index (Phi) is 8.43. The van der Waals surface area contributed by atoms with Crippen molar-refractivity contribution in [2.75, 3.05) is 19.6 Å². The molecule has 0 bridgehead atoms. The van der Waals surface area contributed by atoms with Crippen LogP contribution in [-0.4, -0.2) is 30.5 Å². The van der Waals surface area contributed by atoms with Gasteiger partial charge < -0.3 is 9.74 Å². The van der Waals surface area contributed by atoms with Gasteiger partial charge in [0.2, 0.25) is 0 Å². The molecule has 0 spiro atoms. The molecule has 0 aromatic rings. The van der Waals surface area contributed by atoms with E-state index < -0.39 is 5.97 Å². The van der Waals surface area contributed by atoms with E-state index >= 15 is 0 Å². The molecule has 6 nitrogen and oxygen atoms in total. The van der Waals surface area contributed by atoms with Crippen molar-refractivity contribution in [3.8, 4) is 6.07 Å². The molecule has 0 unspecified atom stereocenters. The van der Waals surface area contributed by atoms with Crippen molar-refractivity contribution in [3.05, 3.63) is 0 Å². The summed E-state index contributed by atoms with van der Waals surface area (Å²) in [6.07, 6.45) is 0.735. The van der Waals surface area contributed by atoms with Gasteiger partial charge in [-0.25, -0.2) is 5.84 Å².